The molecule has 0 rings (SSSR count). The van der Waals surface area contributed by atoms with Crippen LogP contribution in [0.15, 0.2) is 0 Å². The Bertz CT molecular complexity index is 1790. The van der Waals surface area contributed by atoms with Crippen LogP contribution in [0.4, 0.5) is 0 Å². The summed E-state index contributed by atoms with van der Waals surface area (Å²) in [5.41, 5.74) is 0. The van der Waals surface area contributed by atoms with E-state index in [1.165, 1.54) is 231 Å². The summed E-state index contributed by atoms with van der Waals surface area (Å²) < 4.78 is 68.5. The van der Waals surface area contributed by atoms with Crippen LogP contribution < -0.4 is 0 Å². The number of phosphoric acid groups is 2. The zero-order valence-electron chi connectivity index (χ0n) is 60.9. The van der Waals surface area contributed by atoms with Crippen LogP contribution in [0.25, 0.3) is 0 Å². The second kappa shape index (κ2) is 69.5. The lowest BCUT2D eigenvalue weighted by atomic mass is 10.0. The van der Waals surface area contributed by atoms with Gasteiger partial charge in [0.2, 0.25) is 0 Å². The predicted molar refractivity (Wildman–Crippen MR) is 382 cm³/mol. The van der Waals surface area contributed by atoms with E-state index in [9.17, 15) is 43.2 Å². The van der Waals surface area contributed by atoms with Crippen molar-refractivity contribution in [2.45, 2.75) is 418 Å². The van der Waals surface area contributed by atoms with Gasteiger partial charge >= 0.3 is 39.5 Å². The maximum Gasteiger partial charge on any atom is 0.472 e. The quantitative estimate of drug-likeness (QED) is 0.0222. The van der Waals surface area contributed by atoms with Gasteiger partial charge in [-0.3, -0.25) is 37.3 Å². The molecule has 0 fully saturated rings. The molecule has 0 spiro atoms. The van der Waals surface area contributed by atoms with Gasteiger partial charge in [0.05, 0.1) is 26.4 Å². The summed E-state index contributed by atoms with van der Waals surface area (Å²) in [6.45, 7) is 4.97. The molecule has 19 heteroatoms. The summed E-state index contributed by atoms with van der Waals surface area (Å²) in [4.78, 5) is 72.7. The second-order valence-electron chi connectivity index (χ2n) is 27.0. The molecule has 0 aromatic heterocycles. The van der Waals surface area contributed by atoms with E-state index in [0.717, 1.165) is 89.9 Å². The number of aliphatic hydroxyl groups is 1. The van der Waals surface area contributed by atoms with Crippen molar-refractivity contribution in [3.05, 3.63) is 0 Å². The van der Waals surface area contributed by atoms with Gasteiger partial charge in [0.1, 0.15) is 19.3 Å². The van der Waals surface area contributed by atoms with Crippen LogP contribution in [-0.2, 0) is 65.4 Å². The van der Waals surface area contributed by atoms with Crippen LogP contribution in [-0.4, -0.2) is 96.7 Å². The first-order chi connectivity index (χ1) is 45.7. The maximum atomic E-state index is 13.1. The lowest BCUT2D eigenvalue weighted by Gasteiger charge is -2.21. The van der Waals surface area contributed by atoms with Gasteiger partial charge in [-0.25, -0.2) is 9.13 Å². The molecular weight excluding hydrogens is 1230 g/mol. The first-order valence-electron chi connectivity index (χ1n) is 39.3. The van der Waals surface area contributed by atoms with Crippen molar-refractivity contribution < 1.29 is 80.2 Å². The minimum Gasteiger partial charge on any atom is -0.462 e. The van der Waals surface area contributed by atoms with E-state index in [1.54, 1.807) is 0 Å². The van der Waals surface area contributed by atoms with Gasteiger partial charge in [0.15, 0.2) is 12.2 Å². The molecule has 5 atom stereocenters. The highest BCUT2D eigenvalue weighted by Crippen LogP contribution is 2.45. The molecule has 0 radical (unpaired) electrons. The zero-order chi connectivity index (χ0) is 69.0. The zero-order valence-corrected chi connectivity index (χ0v) is 62.7. The molecule has 0 aromatic rings. The fourth-order valence-electron chi connectivity index (χ4n) is 11.6. The predicted octanol–water partition coefficient (Wildman–Crippen LogP) is 22.2. The van der Waals surface area contributed by atoms with Crippen LogP contribution in [0.2, 0.25) is 0 Å². The van der Waals surface area contributed by atoms with Crippen LogP contribution in [0.5, 0.6) is 0 Å². The van der Waals surface area contributed by atoms with E-state index in [1.807, 2.05) is 0 Å². The third kappa shape index (κ3) is 68.6. The van der Waals surface area contributed by atoms with Gasteiger partial charge in [0.25, 0.3) is 0 Å². The van der Waals surface area contributed by atoms with Crippen molar-refractivity contribution >= 4 is 39.5 Å². The van der Waals surface area contributed by atoms with E-state index >= 15 is 0 Å². The Balaban J connectivity index is 5.21. The number of ether oxygens (including phenoxy) is 4. The molecule has 558 valence electrons. The van der Waals surface area contributed by atoms with Crippen LogP contribution in [0.3, 0.4) is 0 Å². The maximum absolute atomic E-state index is 13.1. The van der Waals surface area contributed by atoms with Gasteiger partial charge < -0.3 is 33.8 Å². The van der Waals surface area contributed by atoms with Gasteiger partial charge in [-0.15, -0.1) is 0 Å². The third-order valence-electron chi connectivity index (χ3n) is 17.6. The summed E-state index contributed by atoms with van der Waals surface area (Å²) in [5, 5.41) is 10.6. The molecule has 2 unspecified atom stereocenters. The normalized spacial score (nSPS) is 13.9. The Morgan fingerprint density at radius 1 is 0.255 bits per heavy atom. The first-order valence-corrected chi connectivity index (χ1v) is 42.3. The van der Waals surface area contributed by atoms with Crippen molar-refractivity contribution in [1.82, 2.24) is 0 Å². The Labute approximate surface area is 575 Å². The third-order valence-corrected chi connectivity index (χ3v) is 19.5. The number of aliphatic hydroxyl groups excluding tert-OH is 1. The highest BCUT2D eigenvalue weighted by molar-refractivity contribution is 7.47. The minimum atomic E-state index is -4.95. The average Bonchev–Trinajstić information content (AvgIpc) is 3.59. The number of hydrogen-bond acceptors (Lipinski definition) is 15. The Hall–Kier alpha value is -1.94. The molecule has 0 aromatic carbocycles. The highest BCUT2D eigenvalue weighted by Gasteiger charge is 2.30. The lowest BCUT2D eigenvalue weighted by Crippen LogP contribution is -2.30. The number of carbonyl (C=O) groups excluding carboxylic acids is 4. The number of rotatable bonds is 76. The minimum absolute atomic E-state index is 0.108. The van der Waals surface area contributed by atoms with E-state index in [4.69, 9.17) is 37.0 Å². The van der Waals surface area contributed by atoms with Gasteiger partial charge in [-0.05, 0) is 25.7 Å². The lowest BCUT2D eigenvalue weighted by molar-refractivity contribution is -0.161. The largest absolute Gasteiger partial charge is 0.472 e. The van der Waals surface area contributed by atoms with Crippen molar-refractivity contribution in [3.8, 4) is 0 Å². The Morgan fingerprint density at radius 2 is 0.426 bits per heavy atom. The van der Waals surface area contributed by atoms with Crippen molar-refractivity contribution in [1.29, 1.82) is 0 Å². The summed E-state index contributed by atoms with van der Waals surface area (Å²) in [5.74, 6) is -2.11. The molecular formula is C75H146O17P2. The topological polar surface area (TPSA) is 237 Å². The fourth-order valence-corrected chi connectivity index (χ4v) is 13.2. The van der Waals surface area contributed by atoms with Crippen molar-refractivity contribution in [3.63, 3.8) is 0 Å². The number of phosphoric ester groups is 2. The summed E-state index contributed by atoms with van der Waals surface area (Å²) >= 11 is 0. The number of carbonyl (C=O) groups is 4. The molecule has 0 bridgehead atoms. The SMILES string of the molecule is CCCCCCCCCCCCCCCCCCCCCC(=O)O[C@H](COC(=O)CCCCCCCCCCCCCCCC)COP(=O)(O)OC[C@@H](O)COP(=O)(O)OC[C@@H](COC(=O)CCCCCCCCCCCC)OC(=O)CCCCCCCCCCCCC. The standard InChI is InChI=1S/C75H146O17P2/c1-5-9-13-17-21-25-29-31-33-34-35-36-37-39-42-46-50-54-58-62-75(80)92-71(66-86-73(78)60-56-52-48-44-41-38-32-30-26-22-18-14-10-6-2)68-90-94(83,84)88-64-69(76)63-87-93(81,82)89-67-70(65-85-72(77)59-55-51-47-43-28-24-20-16-12-8-4)91-74(79)61-57-53-49-45-40-27-23-19-15-11-7-3/h69-71,76H,5-68H2,1-4H3,(H,81,82)(H,83,84)/t69-,70+,71+/m0/s1. The number of hydrogen-bond donors (Lipinski definition) is 3. The van der Waals surface area contributed by atoms with Gasteiger partial charge in [0, 0.05) is 25.7 Å². The van der Waals surface area contributed by atoms with E-state index in [-0.39, 0.29) is 25.7 Å². The first kappa shape index (κ1) is 92.1. The van der Waals surface area contributed by atoms with E-state index < -0.39 is 97.5 Å². The molecule has 0 aliphatic heterocycles. The monoisotopic (exact) mass is 1380 g/mol. The van der Waals surface area contributed by atoms with Crippen LogP contribution >= 0.6 is 15.6 Å². The van der Waals surface area contributed by atoms with Gasteiger partial charge in [-0.1, -0.05) is 349 Å². The van der Waals surface area contributed by atoms with Crippen molar-refractivity contribution in [2.75, 3.05) is 39.6 Å². The molecule has 0 saturated heterocycles. The molecule has 94 heavy (non-hydrogen) atoms. The molecule has 0 saturated carbocycles. The smallest absolute Gasteiger partial charge is 0.462 e. The fraction of sp³-hybridized carbons (Fsp3) is 0.947. The van der Waals surface area contributed by atoms with Crippen LogP contribution in [0, 0.1) is 0 Å². The van der Waals surface area contributed by atoms with Crippen molar-refractivity contribution in [2.24, 2.45) is 0 Å². The summed E-state index contributed by atoms with van der Waals surface area (Å²) in [6, 6.07) is 0. The highest BCUT2D eigenvalue weighted by atomic mass is 31.2. The summed E-state index contributed by atoms with van der Waals surface area (Å²) in [6.07, 6.45) is 59.5. The average molecular weight is 1380 g/mol. The molecule has 17 nitrogen and oxygen atoms in total. The molecule has 0 heterocycles. The molecule has 0 aliphatic carbocycles. The molecule has 3 N–H and O–H groups in total. The number of unbranched alkanes of at least 4 members (excludes halogenated alkanes) is 50. The van der Waals surface area contributed by atoms with E-state index in [2.05, 4.69) is 27.7 Å². The van der Waals surface area contributed by atoms with E-state index in [0.29, 0.717) is 25.7 Å². The Morgan fingerprint density at radius 3 is 0.628 bits per heavy atom. The molecule has 0 amide bonds. The number of esters is 4. The van der Waals surface area contributed by atoms with Gasteiger partial charge in [-0.2, -0.15) is 0 Å². The molecule has 0 aliphatic rings. The second-order valence-corrected chi connectivity index (χ2v) is 29.9. The van der Waals surface area contributed by atoms with Crippen LogP contribution in [0.1, 0.15) is 400 Å². The Kier molecular flexibility index (Phi) is 68.1. The summed E-state index contributed by atoms with van der Waals surface area (Å²) in [7, 11) is -9.90.